The van der Waals surface area contributed by atoms with Crippen LogP contribution in [-0.2, 0) is 0 Å². The van der Waals surface area contributed by atoms with Gasteiger partial charge in [0.05, 0.1) is 0 Å². The zero-order chi connectivity index (χ0) is 7.72. The standard InChI is InChI=1S/C7H12INS/c1-5-6(2)10-7(3)8-9(5)4/h1-4H3. The molecule has 0 bridgehead atoms. The summed E-state index contributed by atoms with van der Waals surface area (Å²) in [5.74, 6) is 0. The van der Waals surface area contributed by atoms with Gasteiger partial charge in [0.1, 0.15) is 0 Å². The molecule has 0 saturated carbocycles. The minimum absolute atomic E-state index is 0.177. The normalized spacial score (nSPS) is 20.4. The van der Waals surface area contributed by atoms with Crippen molar-refractivity contribution >= 4 is 35.6 Å². The molecule has 58 valence electrons. The van der Waals surface area contributed by atoms with Crippen LogP contribution in [0, 0.1) is 0 Å². The van der Waals surface area contributed by atoms with Gasteiger partial charge in [0.25, 0.3) is 0 Å². The maximum Gasteiger partial charge on any atom is 0.0355 e. The van der Waals surface area contributed by atoms with Crippen LogP contribution in [0.25, 0.3) is 0 Å². The molecule has 0 aromatic heterocycles. The molecule has 3 heteroatoms. The third-order valence-corrected chi connectivity index (χ3v) is 5.64. The summed E-state index contributed by atoms with van der Waals surface area (Å²) in [7, 11) is 2.19. The van der Waals surface area contributed by atoms with Crippen LogP contribution in [0.15, 0.2) is 10.6 Å². The fourth-order valence-corrected chi connectivity index (χ4v) is 5.39. The summed E-state index contributed by atoms with van der Waals surface area (Å²) in [5.41, 5.74) is 1.46. The second kappa shape index (κ2) is 3.26. The van der Waals surface area contributed by atoms with E-state index in [1.165, 1.54) is 10.6 Å². The van der Waals surface area contributed by atoms with Crippen molar-refractivity contribution in [3.63, 3.8) is 0 Å². The molecule has 0 aromatic carbocycles. The molecule has 0 aromatic rings. The maximum absolute atomic E-state index is 2.40. The van der Waals surface area contributed by atoms with Crippen LogP contribution in [0.3, 0.4) is 0 Å². The molecule has 0 radical (unpaired) electrons. The summed E-state index contributed by atoms with van der Waals surface area (Å²) in [6, 6.07) is 0. The SMILES string of the molecule is CC1=IN(C)C(C)=C(C)S1. The summed E-state index contributed by atoms with van der Waals surface area (Å²) in [6.07, 6.45) is 0. The minimum atomic E-state index is 0.177. The summed E-state index contributed by atoms with van der Waals surface area (Å²) >= 11 is 2.13. The van der Waals surface area contributed by atoms with Crippen molar-refractivity contribution in [2.75, 3.05) is 7.05 Å². The molecule has 1 aliphatic rings. The maximum atomic E-state index is 2.40. The van der Waals surface area contributed by atoms with E-state index in [1.807, 2.05) is 11.8 Å². The predicted molar refractivity (Wildman–Crippen MR) is 58.4 cm³/mol. The van der Waals surface area contributed by atoms with Gasteiger partial charge < -0.3 is 3.11 Å². The molecular weight excluding hydrogens is 257 g/mol. The average Bonchev–Trinajstić information content (AvgIpc) is 1.82. The van der Waals surface area contributed by atoms with Gasteiger partial charge >= 0.3 is 0 Å². The molecule has 1 rings (SSSR count). The number of hydrogen-bond acceptors (Lipinski definition) is 2. The molecule has 0 unspecified atom stereocenters. The van der Waals surface area contributed by atoms with E-state index < -0.39 is 0 Å². The first kappa shape index (κ1) is 8.59. The van der Waals surface area contributed by atoms with Gasteiger partial charge in [0.15, 0.2) is 0 Å². The topological polar surface area (TPSA) is 3.24 Å². The Labute approximate surface area is 77.0 Å². The third-order valence-electron chi connectivity index (χ3n) is 1.51. The lowest BCUT2D eigenvalue weighted by atomic mass is 10.5. The molecule has 1 aliphatic heterocycles. The highest BCUT2D eigenvalue weighted by Gasteiger charge is 2.09. The first-order chi connectivity index (χ1) is 4.61. The van der Waals surface area contributed by atoms with E-state index in [0.717, 1.165) is 0 Å². The number of thioether (sulfide) groups is 1. The third kappa shape index (κ3) is 1.75. The van der Waals surface area contributed by atoms with Gasteiger partial charge in [0.2, 0.25) is 0 Å². The van der Waals surface area contributed by atoms with Gasteiger partial charge in [-0.05, 0) is 20.8 Å². The molecule has 0 saturated heterocycles. The van der Waals surface area contributed by atoms with Crippen LogP contribution in [0.2, 0.25) is 0 Å². The Morgan fingerprint density at radius 3 is 2.40 bits per heavy atom. The lowest BCUT2D eigenvalue weighted by Crippen LogP contribution is -2.08. The van der Waals surface area contributed by atoms with Crippen LogP contribution in [0.4, 0.5) is 0 Å². The van der Waals surface area contributed by atoms with Crippen molar-refractivity contribution in [1.29, 1.82) is 0 Å². The molecule has 10 heavy (non-hydrogen) atoms. The lowest BCUT2D eigenvalue weighted by molar-refractivity contribution is 0.750. The largest absolute Gasteiger partial charge is 0.326 e. The van der Waals surface area contributed by atoms with Crippen molar-refractivity contribution in [3.8, 4) is 0 Å². The van der Waals surface area contributed by atoms with Crippen molar-refractivity contribution in [1.82, 2.24) is 3.11 Å². The van der Waals surface area contributed by atoms with E-state index in [4.69, 9.17) is 0 Å². The molecule has 0 aliphatic carbocycles. The molecule has 0 spiro atoms. The highest BCUT2D eigenvalue weighted by molar-refractivity contribution is 14.2. The van der Waals surface area contributed by atoms with E-state index in [-0.39, 0.29) is 21.0 Å². The van der Waals surface area contributed by atoms with Gasteiger partial charge in [-0.15, -0.1) is 0 Å². The van der Waals surface area contributed by atoms with E-state index in [1.54, 1.807) is 2.84 Å². The highest BCUT2D eigenvalue weighted by atomic mass is 127. The zero-order valence-electron chi connectivity index (χ0n) is 6.73. The van der Waals surface area contributed by atoms with Crippen LogP contribution < -0.4 is 0 Å². The summed E-state index contributed by atoms with van der Waals surface area (Å²) in [5, 5.41) is 0. The second-order valence-corrected chi connectivity index (χ2v) is 7.98. The Morgan fingerprint density at radius 1 is 1.30 bits per heavy atom. The van der Waals surface area contributed by atoms with E-state index in [0.29, 0.717) is 0 Å². The molecular formula is C7H12INS. The van der Waals surface area contributed by atoms with Crippen LogP contribution in [0.1, 0.15) is 20.8 Å². The first-order valence-electron chi connectivity index (χ1n) is 3.19. The Bertz CT molecular complexity index is 208. The van der Waals surface area contributed by atoms with Gasteiger partial charge in [-0.2, -0.15) is 0 Å². The number of rotatable bonds is 0. The second-order valence-electron chi connectivity index (χ2n) is 2.28. The van der Waals surface area contributed by atoms with Crippen molar-refractivity contribution < 1.29 is 0 Å². The van der Waals surface area contributed by atoms with E-state index in [2.05, 4.69) is 30.9 Å². The van der Waals surface area contributed by atoms with Crippen LogP contribution in [0.5, 0.6) is 0 Å². The van der Waals surface area contributed by atoms with Crippen LogP contribution in [-0.4, -0.2) is 13.0 Å². The summed E-state index contributed by atoms with van der Waals surface area (Å²) in [4.78, 5) is 1.46. The van der Waals surface area contributed by atoms with Crippen LogP contribution >= 0.6 is 32.8 Å². The molecule has 0 amide bonds. The fraction of sp³-hybridized carbons (Fsp3) is 0.571. The molecule has 0 atom stereocenters. The van der Waals surface area contributed by atoms with Gasteiger partial charge in [0, 0.05) is 41.5 Å². The smallest absolute Gasteiger partial charge is 0.0355 e. The Morgan fingerprint density at radius 2 is 1.90 bits per heavy atom. The monoisotopic (exact) mass is 269 g/mol. The Balaban J connectivity index is 2.85. The number of hydrogen-bond donors (Lipinski definition) is 0. The quantitative estimate of drug-likeness (QED) is 0.491. The summed E-state index contributed by atoms with van der Waals surface area (Å²) in [6.45, 7) is 6.64. The molecule has 1 nitrogen and oxygen atoms in total. The van der Waals surface area contributed by atoms with Crippen molar-refractivity contribution in [2.24, 2.45) is 0 Å². The molecule has 1 heterocycles. The first-order valence-corrected chi connectivity index (χ1v) is 6.05. The predicted octanol–water partition coefficient (Wildman–Crippen LogP) is 2.95. The highest BCUT2D eigenvalue weighted by Crippen LogP contribution is 2.34. The Kier molecular flexibility index (Phi) is 2.80. The summed E-state index contributed by atoms with van der Waals surface area (Å²) < 4.78 is 4.00. The van der Waals surface area contributed by atoms with Crippen molar-refractivity contribution in [3.05, 3.63) is 10.6 Å². The average molecular weight is 269 g/mol. The van der Waals surface area contributed by atoms with Crippen molar-refractivity contribution in [2.45, 2.75) is 20.8 Å². The van der Waals surface area contributed by atoms with E-state index >= 15 is 0 Å². The number of halogens is 1. The minimum Gasteiger partial charge on any atom is -0.326 e. The lowest BCUT2D eigenvalue weighted by Gasteiger charge is -2.22. The number of allylic oxidation sites excluding steroid dienone is 2. The molecule has 0 N–H and O–H groups in total. The molecule has 0 fully saturated rings. The zero-order valence-corrected chi connectivity index (χ0v) is 9.71. The van der Waals surface area contributed by atoms with Gasteiger partial charge in [-0.3, -0.25) is 0 Å². The fourth-order valence-electron chi connectivity index (χ4n) is 0.761. The number of nitrogens with zero attached hydrogens (tertiary/aromatic N) is 1. The Hall–Kier alpha value is 0.490. The van der Waals surface area contributed by atoms with Gasteiger partial charge in [-0.1, -0.05) is 11.8 Å². The van der Waals surface area contributed by atoms with E-state index in [9.17, 15) is 0 Å². The van der Waals surface area contributed by atoms with Gasteiger partial charge in [-0.25, -0.2) is 0 Å².